The molecule has 3 amide bonds. The Kier molecular flexibility index (Phi) is 8.14. The van der Waals surface area contributed by atoms with Gasteiger partial charge >= 0.3 is 6.03 Å². The lowest BCUT2D eigenvalue weighted by atomic mass is 10.2. The second-order valence-corrected chi connectivity index (χ2v) is 9.00. The van der Waals surface area contributed by atoms with Crippen LogP contribution < -0.4 is 9.47 Å². The number of aryl methyl sites for hydroxylation is 1. The lowest BCUT2D eigenvalue weighted by molar-refractivity contribution is -0.133. The number of hydrogen-bond donors (Lipinski definition) is 0. The van der Waals surface area contributed by atoms with Crippen LogP contribution in [0.25, 0.3) is 0 Å². The van der Waals surface area contributed by atoms with E-state index in [0.29, 0.717) is 56.7 Å². The van der Waals surface area contributed by atoms with Crippen molar-refractivity contribution >= 4 is 11.9 Å². The van der Waals surface area contributed by atoms with Gasteiger partial charge in [-0.15, -0.1) is 0 Å². The summed E-state index contributed by atoms with van der Waals surface area (Å²) in [5.74, 6) is 2.67. The van der Waals surface area contributed by atoms with E-state index in [9.17, 15) is 9.59 Å². The smallest absolute Gasteiger partial charge is 0.319 e. The maximum absolute atomic E-state index is 13.6. The monoisotopic (exact) mass is 486 g/mol. The molecule has 2 aliphatic rings. The van der Waals surface area contributed by atoms with Gasteiger partial charge in [-0.25, -0.2) is 4.79 Å². The Morgan fingerprint density at radius 2 is 1.74 bits per heavy atom. The first kappa shape index (κ1) is 24.9. The SMILES string of the molecule is Cc1ccc(CN(Cc2ccc3c(c2)OCO3)C(=O)CN(CCN2CCOCC2)C(=O)N(C)C)o1. The number of fused-ring (bicyclic) bond motifs is 1. The number of nitrogens with zero attached hydrogens (tertiary/aromatic N) is 4. The first-order valence-corrected chi connectivity index (χ1v) is 11.9. The molecule has 35 heavy (non-hydrogen) atoms. The standard InChI is InChI=1S/C25H34N4O6/c1-19-4-6-21(35-19)16-29(15-20-5-7-22-23(14-20)34-18-33-22)24(30)17-28(25(31)26(2)3)9-8-27-10-12-32-13-11-27/h4-7,14H,8-13,15-18H2,1-3H3. The first-order valence-electron chi connectivity index (χ1n) is 11.9. The molecule has 1 fully saturated rings. The molecular weight excluding hydrogens is 452 g/mol. The number of rotatable bonds is 9. The van der Waals surface area contributed by atoms with Crippen molar-refractivity contribution in [1.29, 1.82) is 0 Å². The zero-order valence-corrected chi connectivity index (χ0v) is 20.7. The van der Waals surface area contributed by atoms with Crippen LogP contribution in [0, 0.1) is 6.92 Å². The molecule has 0 bridgehead atoms. The molecule has 0 aliphatic carbocycles. The third kappa shape index (κ3) is 6.67. The van der Waals surface area contributed by atoms with Gasteiger partial charge in [0.1, 0.15) is 18.1 Å². The first-order chi connectivity index (χ1) is 16.9. The summed E-state index contributed by atoms with van der Waals surface area (Å²) in [4.78, 5) is 33.5. The van der Waals surface area contributed by atoms with E-state index in [-0.39, 0.29) is 25.3 Å². The van der Waals surface area contributed by atoms with Crippen molar-refractivity contribution < 1.29 is 28.2 Å². The Morgan fingerprint density at radius 1 is 0.971 bits per heavy atom. The van der Waals surface area contributed by atoms with E-state index in [1.165, 1.54) is 4.90 Å². The van der Waals surface area contributed by atoms with E-state index >= 15 is 0 Å². The van der Waals surface area contributed by atoms with Crippen LogP contribution in [0.4, 0.5) is 4.79 Å². The van der Waals surface area contributed by atoms with Crippen molar-refractivity contribution in [1.82, 2.24) is 19.6 Å². The van der Waals surface area contributed by atoms with E-state index in [1.54, 1.807) is 23.9 Å². The third-order valence-corrected chi connectivity index (χ3v) is 6.07. The van der Waals surface area contributed by atoms with Gasteiger partial charge in [0.15, 0.2) is 11.5 Å². The van der Waals surface area contributed by atoms with Gasteiger partial charge in [0, 0.05) is 46.8 Å². The Balaban J connectivity index is 1.48. The molecule has 1 aromatic carbocycles. The summed E-state index contributed by atoms with van der Waals surface area (Å²) in [5.41, 5.74) is 0.907. The van der Waals surface area contributed by atoms with Gasteiger partial charge in [0.2, 0.25) is 12.7 Å². The molecule has 1 aromatic heterocycles. The summed E-state index contributed by atoms with van der Waals surface area (Å²) in [6, 6.07) is 9.21. The van der Waals surface area contributed by atoms with Crippen molar-refractivity contribution in [2.24, 2.45) is 0 Å². The lowest BCUT2D eigenvalue weighted by Crippen LogP contribution is -2.49. The number of benzene rings is 1. The minimum atomic E-state index is -0.191. The lowest BCUT2D eigenvalue weighted by Gasteiger charge is -2.32. The highest BCUT2D eigenvalue weighted by molar-refractivity contribution is 5.84. The van der Waals surface area contributed by atoms with Crippen LogP contribution in [0.2, 0.25) is 0 Å². The number of urea groups is 1. The summed E-state index contributed by atoms with van der Waals surface area (Å²) in [7, 11) is 3.40. The van der Waals surface area contributed by atoms with Crippen LogP contribution >= 0.6 is 0 Å². The normalized spacial score (nSPS) is 15.2. The maximum atomic E-state index is 13.6. The molecule has 0 unspecified atom stereocenters. The van der Waals surface area contributed by atoms with E-state index in [4.69, 9.17) is 18.6 Å². The van der Waals surface area contributed by atoms with Crippen LogP contribution in [0.15, 0.2) is 34.7 Å². The Morgan fingerprint density at radius 3 is 2.46 bits per heavy atom. The zero-order chi connectivity index (χ0) is 24.8. The second kappa shape index (κ2) is 11.5. The molecule has 2 aromatic rings. The molecule has 0 spiro atoms. The van der Waals surface area contributed by atoms with Crippen LogP contribution in [0.5, 0.6) is 11.5 Å². The van der Waals surface area contributed by atoms with E-state index in [2.05, 4.69) is 4.90 Å². The minimum absolute atomic E-state index is 0.0222. The predicted molar refractivity (Wildman–Crippen MR) is 128 cm³/mol. The number of carbonyl (C=O) groups excluding carboxylic acids is 2. The fourth-order valence-electron chi connectivity index (χ4n) is 4.13. The van der Waals surface area contributed by atoms with Crippen molar-refractivity contribution in [3.8, 4) is 11.5 Å². The van der Waals surface area contributed by atoms with Crippen LogP contribution in [0.1, 0.15) is 17.1 Å². The Bertz CT molecular complexity index is 1020. The molecule has 1 saturated heterocycles. The predicted octanol–water partition coefficient (Wildman–Crippen LogP) is 2.16. The average molecular weight is 487 g/mol. The van der Waals surface area contributed by atoms with Crippen LogP contribution in [0.3, 0.4) is 0 Å². The highest BCUT2D eigenvalue weighted by Crippen LogP contribution is 2.33. The molecule has 190 valence electrons. The van der Waals surface area contributed by atoms with Gasteiger partial charge in [-0.1, -0.05) is 6.07 Å². The Hall–Kier alpha value is -3.24. The third-order valence-electron chi connectivity index (χ3n) is 6.07. The fourth-order valence-corrected chi connectivity index (χ4v) is 4.13. The molecule has 3 heterocycles. The van der Waals surface area contributed by atoms with Gasteiger partial charge in [-0.2, -0.15) is 0 Å². The molecule has 2 aliphatic heterocycles. The average Bonchev–Trinajstić information content (AvgIpc) is 3.49. The summed E-state index contributed by atoms with van der Waals surface area (Å²) in [6.45, 7) is 6.87. The minimum Gasteiger partial charge on any atom is -0.464 e. The largest absolute Gasteiger partial charge is 0.464 e. The van der Waals surface area contributed by atoms with Crippen molar-refractivity contribution in [2.45, 2.75) is 20.0 Å². The maximum Gasteiger partial charge on any atom is 0.319 e. The molecule has 4 rings (SSSR count). The topological polar surface area (TPSA) is 87.9 Å². The highest BCUT2D eigenvalue weighted by atomic mass is 16.7. The molecule has 0 N–H and O–H groups in total. The van der Waals surface area contributed by atoms with Crippen LogP contribution in [-0.2, 0) is 22.6 Å². The van der Waals surface area contributed by atoms with E-state index in [0.717, 1.165) is 24.4 Å². The van der Waals surface area contributed by atoms with Gasteiger partial charge in [-0.3, -0.25) is 9.69 Å². The summed E-state index contributed by atoms with van der Waals surface area (Å²) in [5, 5.41) is 0. The molecular formula is C25H34N4O6. The molecule has 10 nitrogen and oxygen atoms in total. The van der Waals surface area contributed by atoms with Gasteiger partial charge in [-0.05, 0) is 36.8 Å². The van der Waals surface area contributed by atoms with Crippen molar-refractivity contribution in [3.63, 3.8) is 0 Å². The number of ether oxygens (including phenoxy) is 3. The van der Waals surface area contributed by atoms with Gasteiger partial charge < -0.3 is 33.3 Å². The van der Waals surface area contributed by atoms with E-state index < -0.39 is 0 Å². The number of carbonyl (C=O) groups is 2. The van der Waals surface area contributed by atoms with Crippen molar-refractivity contribution in [3.05, 3.63) is 47.4 Å². The molecule has 10 heteroatoms. The highest BCUT2D eigenvalue weighted by Gasteiger charge is 2.25. The van der Waals surface area contributed by atoms with Gasteiger partial charge in [0.05, 0.1) is 19.8 Å². The van der Waals surface area contributed by atoms with Gasteiger partial charge in [0.25, 0.3) is 0 Å². The summed E-state index contributed by atoms with van der Waals surface area (Å²) >= 11 is 0. The summed E-state index contributed by atoms with van der Waals surface area (Å²) in [6.07, 6.45) is 0. The quantitative estimate of drug-likeness (QED) is 0.537. The van der Waals surface area contributed by atoms with Crippen LogP contribution in [-0.4, -0.2) is 98.4 Å². The number of furan rings is 1. The zero-order valence-electron chi connectivity index (χ0n) is 20.7. The molecule has 0 radical (unpaired) electrons. The second-order valence-electron chi connectivity index (χ2n) is 9.00. The summed E-state index contributed by atoms with van der Waals surface area (Å²) < 4.78 is 22.1. The number of morpholine rings is 1. The van der Waals surface area contributed by atoms with E-state index in [1.807, 2.05) is 37.3 Å². The Labute approximate surface area is 205 Å². The number of hydrogen-bond acceptors (Lipinski definition) is 7. The molecule has 0 atom stereocenters. The fraction of sp³-hybridized carbons (Fsp3) is 0.520. The number of amides is 3. The van der Waals surface area contributed by atoms with Crippen molar-refractivity contribution in [2.75, 3.05) is 66.8 Å². The molecule has 0 saturated carbocycles.